The van der Waals surface area contributed by atoms with Crippen LogP contribution in [0.2, 0.25) is 0 Å². The van der Waals surface area contributed by atoms with Crippen molar-refractivity contribution in [1.29, 1.82) is 0 Å². The molecule has 0 aromatic carbocycles. The van der Waals surface area contributed by atoms with Crippen LogP contribution >= 0.6 is 0 Å². The molecule has 2 rings (SSSR count). The smallest absolute Gasteiger partial charge is 0.327 e. The number of carbonyl (C=O) groups excluding carboxylic acids is 1. The van der Waals surface area contributed by atoms with Gasteiger partial charge in [0.05, 0.1) is 7.11 Å². The highest BCUT2D eigenvalue weighted by Crippen LogP contribution is 2.12. The summed E-state index contributed by atoms with van der Waals surface area (Å²) in [6, 6.07) is 3.40. The topological polar surface area (TPSA) is 69.0 Å². The van der Waals surface area contributed by atoms with E-state index in [9.17, 15) is 4.79 Å². The van der Waals surface area contributed by atoms with Gasteiger partial charge in [-0.05, 0) is 6.07 Å². The lowest BCUT2D eigenvalue weighted by Crippen LogP contribution is -2.27. The van der Waals surface area contributed by atoms with Gasteiger partial charge in [0, 0.05) is 30.7 Å². The third kappa shape index (κ3) is 2.60. The van der Waals surface area contributed by atoms with Crippen LogP contribution in [0.5, 0.6) is 5.88 Å². The van der Waals surface area contributed by atoms with Gasteiger partial charge in [-0.25, -0.2) is 14.8 Å². The summed E-state index contributed by atoms with van der Waals surface area (Å²) in [6.07, 6.45) is 6.20. The van der Waals surface area contributed by atoms with E-state index in [2.05, 4.69) is 15.3 Å². The molecule has 1 amide bonds. The van der Waals surface area contributed by atoms with E-state index in [0.29, 0.717) is 12.4 Å². The molecule has 0 fully saturated rings. The molecule has 0 aliphatic carbocycles. The maximum absolute atomic E-state index is 11.6. The van der Waals surface area contributed by atoms with E-state index in [4.69, 9.17) is 4.74 Å². The molecule has 0 unspecified atom stereocenters. The Morgan fingerprint density at radius 3 is 3.12 bits per heavy atom. The molecule has 2 aromatic heterocycles. The van der Waals surface area contributed by atoms with Gasteiger partial charge in [-0.2, -0.15) is 0 Å². The first-order chi connectivity index (χ1) is 8.31. The molecular weight excluding hydrogens is 220 g/mol. The number of pyridine rings is 1. The summed E-state index contributed by atoms with van der Waals surface area (Å²) in [7, 11) is 1.55. The van der Waals surface area contributed by atoms with E-state index in [1.54, 1.807) is 31.8 Å². The average molecular weight is 232 g/mol. The van der Waals surface area contributed by atoms with Crippen LogP contribution in [-0.2, 0) is 6.54 Å². The summed E-state index contributed by atoms with van der Waals surface area (Å²) >= 11 is 0. The highest BCUT2D eigenvalue weighted by atomic mass is 16.5. The highest BCUT2D eigenvalue weighted by Gasteiger charge is 2.06. The molecule has 6 nitrogen and oxygen atoms in total. The minimum absolute atomic E-state index is 0.242. The van der Waals surface area contributed by atoms with Gasteiger partial charge in [0.1, 0.15) is 6.33 Å². The first kappa shape index (κ1) is 11.1. The van der Waals surface area contributed by atoms with Gasteiger partial charge in [0.2, 0.25) is 5.88 Å². The second kappa shape index (κ2) is 5.11. The van der Waals surface area contributed by atoms with Crippen LogP contribution < -0.4 is 10.1 Å². The van der Waals surface area contributed by atoms with E-state index >= 15 is 0 Å². The third-order valence-electron chi connectivity index (χ3n) is 2.21. The van der Waals surface area contributed by atoms with Crippen molar-refractivity contribution < 1.29 is 9.53 Å². The minimum Gasteiger partial charge on any atom is -0.481 e. The fraction of sp³-hybridized carbons (Fsp3) is 0.182. The predicted molar refractivity (Wildman–Crippen MR) is 60.6 cm³/mol. The fourth-order valence-corrected chi connectivity index (χ4v) is 1.38. The highest BCUT2D eigenvalue weighted by molar-refractivity contribution is 5.76. The van der Waals surface area contributed by atoms with Crippen molar-refractivity contribution in [3.63, 3.8) is 0 Å². The molecule has 0 aliphatic rings. The fourth-order valence-electron chi connectivity index (χ4n) is 1.38. The van der Waals surface area contributed by atoms with Crippen LogP contribution in [0.15, 0.2) is 37.1 Å². The number of hydrogen-bond donors (Lipinski definition) is 1. The Labute approximate surface area is 98.3 Å². The summed E-state index contributed by atoms with van der Waals surface area (Å²) < 4.78 is 6.45. The van der Waals surface area contributed by atoms with Crippen LogP contribution in [0.3, 0.4) is 0 Å². The SMILES string of the molecule is COc1ncccc1CNC(=O)n1ccnc1. The molecule has 0 aliphatic heterocycles. The summed E-state index contributed by atoms with van der Waals surface area (Å²) in [5.41, 5.74) is 0.823. The number of rotatable bonds is 3. The quantitative estimate of drug-likeness (QED) is 0.858. The Hall–Kier alpha value is -2.37. The monoisotopic (exact) mass is 232 g/mol. The second-order valence-electron chi connectivity index (χ2n) is 3.30. The van der Waals surface area contributed by atoms with Gasteiger partial charge < -0.3 is 10.1 Å². The maximum atomic E-state index is 11.6. The normalized spacial score (nSPS) is 9.94. The molecular formula is C11H12N4O2. The Balaban J connectivity index is 2.00. The number of carbonyl (C=O) groups is 1. The molecule has 0 radical (unpaired) electrons. The average Bonchev–Trinajstić information content (AvgIpc) is 2.90. The van der Waals surface area contributed by atoms with Crippen molar-refractivity contribution in [1.82, 2.24) is 19.9 Å². The lowest BCUT2D eigenvalue weighted by molar-refractivity contribution is 0.242. The van der Waals surface area contributed by atoms with Crippen LogP contribution in [0, 0.1) is 0 Å². The Morgan fingerprint density at radius 2 is 2.41 bits per heavy atom. The largest absolute Gasteiger partial charge is 0.481 e. The standard InChI is InChI=1S/C11H12N4O2/c1-17-10-9(3-2-4-13-10)7-14-11(16)15-6-5-12-8-15/h2-6,8H,7H2,1H3,(H,14,16). The van der Waals surface area contributed by atoms with E-state index in [-0.39, 0.29) is 6.03 Å². The molecule has 88 valence electrons. The van der Waals surface area contributed by atoms with Gasteiger partial charge in [-0.3, -0.25) is 4.57 Å². The summed E-state index contributed by atoms with van der Waals surface area (Å²) in [5, 5.41) is 2.74. The first-order valence-electron chi connectivity index (χ1n) is 5.05. The van der Waals surface area contributed by atoms with Crippen molar-refractivity contribution in [3.05, 3.63) is 42.6 Å². The zero-order valence-electron chi connectivity index (χ0n) is 9.33. The van der Waals surface area contributed by atoms with Crippen LogP contribution in [-0.4, -0.2) is 27.7 Å². The van der Waals surface area contributed by atoms with Crippen molar-refractivity contribution in [2.45, 2.75) is 6.54 Å². The molecule has 0 saturated heterocycles. The number of nitrogens with zero attached hydrogens (tertiary/aromatic N) is 3. The number of hydrogen-bond acceptors (Lipinski definition) is 4. The maximum Gasteiger partial charge on any atom is 0.327 e. The Morgan fingerprint density at radius 1 is 1.53 bits per heavy atom. The van der Waals surface area contributed by atoms with Crippen LogP contribution in [0.4, 0.5) is 4.79 Å². The summed E-state index contributed by atoms with van der Waals surface area (Å²) in [5.74, 6) is 0.512. The molecule has 0 atom stereocenters. The zero-order chi connectivity index (χ0) is 12.1. The van der Waals surface area contributed by atoms with Gasteiger partial charge in [0.15, 0.2) is 0 Å². The van der Waals surface area contributed by atoms with E-state index < -0.39 is 0 Å². The van der Waals surface area contributed by atoms with Gasteiger partial charge in [-0.15, -0.1) is 0 Å². The molecule has 0 saturated carbocycles. The molecule has 0 bridgehead atoms. The van der Waals surface area contributed by atoms with Gasteiger partial charge >= 0.3 is 6.03 Å². The Kier molecular flexibility index (Phi) is 3.34. The molecule has 0 spiro atoms. The number of aromatic nitrogens is 3. The van der Waals surface area contributed by atoms with Crippen molar-refractivity contribution >= 4 is 6.03 Å². The van der Waals surface area contributed by atoms with E-state index in [1.165, 1.54) is 10.9 Å². The number of nitrogens with one attached hydrogen (secondary N) is 1. The van der Waals surface area contributed by atoms with Crippen molar-refractivity contribution in [2.24, 2.45) is 0 Å². The summed E-state index contributed by atoms with van der Waals surface area (Å²) in [6.45, 7) is 0.355. The first-order valence-corrected chi connectivity index (χ1v) is 5.05. The number of amides is 1. The molecule has 1 N–H and O–H groups in total. The van der Waals surface area contributed by atoms with Gasteiger partial charge in [0.25, 0.3) is 0 Å². The molecule has 2 heterocycles. The number of methoxy groups -OCH3 is 1. The van der Waals surface area contributed by atoms with Crippen molar-refractivity contribution in [2.75, 3.05) is 7.11 Å². The zero-order valence-corrected chi connectivity index (χ0v) is 9.33. The minimum atomic E-state index is -0.242. The third-order valence-corrected chi connectivity index (χ3v) is 2.21. The lowest BCUT2D eigenvalue weighted by Gasteiger charge is -2.08. The van der Waals surface area contributed by atoms with E-state index in [0.717, 1.165) is 5.56 Å². The molecule has 2 aromatic rings. The summed E-state index contributed by atoms with van der Waals surface area (Å²) in [4.78, 5) is 19.5. The second-order valence-corrected chi connectivity index (χ2v) is 3.30. The van der Waals surface area contributed by atoms with Crippen LogP contribution in [0.25, 0.3) is 0 Å². The van der Waals surface area contributed by atoms with Crippen molar-refractivity contribution in [3.8, 4) is 5.88 Å². The Bertz CT molecular complexity index is 496. The van der Waals surface area contributed by atoms with E-state index in [1.807, 2.05) is 6.07 Å². The number of ether oxygens (including phenoxy) is 1. The number of imidazole rings is 1. The molecule has 6 heteroatoms. The molecule has 17 heavy (non-hydrogen) atoms. The van der Waals surface area contributed by atoms with Crippen LogP contribution in [0.1, 0.15) is 5.56 Å². The lowest BCUT2D eigenvalue weighted by atomic mass is 10.3. The van der Waals surface area contributed by atoms with Gasteiger partial charge in [-0.1, -0.05) is 6.07 Å². The predicted octanol–water partition coefficient (Wildman–Crippen LogP) is 1.04.